The van der Waals surface area contributed by atoms with E-state index < -0.39 is 0 Å². The van der Waals surface area contributed by atoms with E-state index in [1.54, 1.807) is 0 Å². The number of ether oxygens (including phenoxy) is 1. The molecule has 0 spiro atoms. The number of benzene rings is 1. The van der Waals surface area contributed by atoms with Gasteiger partial charge < -0.3 is 20.3 Å². The van der Waals surface area contributed by atoms with Crippen LogP contribution in [0.3, 0.4) is 0 Å². The Kier molecular flexibility index (Phi) is 9.87. The SMILES string of the molecule is CCN(CC)CCCNC(=O)NCCCOc1ccc(C)cc1. The first kappa shape index (κ1) is 19.3. The van der Waals surface area contributed by atoms with Crippen LogP contribution < -0.4 is 15.4 Å². The molecule has 0 fully saturated rings. The van der Waals surface area contributed by atoms with Gasteiger partial charge in [0.1, 0.15) is 5.75 Å². The molecule has 0 aliphatic carbocycles. The molecule has 23 heavy (non-hydrogen) atoms. The highest BCUT2D eigenvalue weighted by molar-refractivity contribution is 5.73. The fourth-order valence-corrected chi connectivity index (χ4v) is 2.21. The number of rotatable bonds is 11. The van der Waals surface area contributed by atoms with Gasteiger partial charge in [0, 0.05) is 13.1 Å². The van der Waals surface area contributed by atoms with Crippen molar-refractivity contribution in [3.63, 3.8) is 0 Å². The van der Waals surface area contributed by atoms with Gasteiger partial charge >= 0.3 is 6.03 Å². The first-order chi connectivity index (χ1) is 11.2. The molecule has 5 heteroatoms. The molecule has 5 nitrogen and oxygen atoms in total. The third-order valence-corrected chi connectivity index (χ3v) is 3.73. The summed E-state index contributed by atoms with van der Waals surface area (Å²) in [5, 5.41) is 5.73. The smallest absolute Gasteiger partial charge is 0.314 e. The van der Waals surface area contributed by atoms with Crippen molar-refractivity contribution in [2.24, 2.45) is 0 Å². The Labute approximate surface area is 140 Å². The Hall–Kier alpha value is -1.75. The van der Waals surface area contributed by atoms with E-state index >= 15 is 0 Å². The quantitative estimate of drug-likeness (QED) is 0.616. The molecule has 0 radical (unpaired) electrons. The summed E-state index contributed by atoms with van der Waals surface area (Å²) in [6.45, 7) is 11.4. The molecule has 1 rings (SSSR count). The van der Waals surface area contributed by atoms with Gasteiger partial charge in [0.15, 0.2) is 0 Å². The lowest BCUT2D eigenvalue weighted by molar-refractivity contribution is 0.237. The van der Waals surface area contributed by atoms with Gasteiger partial charge in [-0.15, -0.1) is 0 Å². The number of carbonyl (C=O) groups excluding carboxylic acids is 1. The van der Waals surface area contributed by atoms with Gasteiger partial charge in [-0.3, -0.25) is 0 Å². The molecular formula is C18H31N3O2. The minimum absolute atomic E-state index is 0.0973. The van der Waals surface area contributed by atoms with E-state index in [1.165, 1.54) is 5.56 Å². The van der Waals surface area contributed by atoms with Gasteiger partial charge in [0.25, 0.3) is 0 Å². The van der Waals surface area contributed by atoms with E-state index in [0.717, 1.165) is 38.2 Å². The van der Waals surface area contributed by atoms with Crippen LogP contribution in [0.25, 0.3) is 0 Å². The van der Waals surface area contributed by atoms with E-state index in [2.05, 4.69) is 29.4 Å². The first-order valence-corrected chi connectivity index (χ1v) is 8.59. The van der Waals surface area contributed by atoms with Gasteiger partial charge in [-0.2, -0.15) is 0 Å². The molecule has 1 aromatic carbocycles. The summed E-state index contributed by atoms with van der Waals surface area (Å²) in [5.74, 6) is 0.872. The number of nitrogens with one attached hydrogen (secondary N) is 2. The Balaban J connectivity index is 1.98. The summed E-state index contributed by atoms with van der Waals surface area (Å²) in [7, 11) is 0. The Morgan fingerprint density at radius 1 is 1.04 bits per heavy atom. The summed E-state index contributed by atoms with van der Waals surface area (Å²) >= 11 is 0. The van der Waals surface area contributed by atoms with Crippen LogP contribution in [0.1, 0.15) is 32.3 Å². The van der Waals surface area contributed by atoms with Crippen molar-refractivity contribution in [1.82, 2.24) is 15.5 Å². The number of urea groups is 1. The van der Waals surface area contributed by atoms with Crippen LogP contribution >= 0.6 is 0 Å². The maximum atomic E-state index is 11.6. The van der Waals surface area contributed by atoms with Crippen molar-refractivity contribution in [2.45, 2.75) is 33.6 Å². The van der Waals surface area contributed by atoms with Crippen molar-refractivity contribution in [2.75, 3.05) is 39.3 Å². The largest absolute Gasteiger partial charge is 0.494 e. The molecule has 1 aromatic rings. The Morgan fingerprint density at radius 3 is 2.26 bits per heavy atom. The summed E-state index contributed by atoms with van der Waals surface area (Å²) in [5.41, 5.74) is 1.22. The molecule has 0 bridgehead atoms. The standard InChI is InChI=1S/C18H31N3O2/c1-4-21(5-2)14-6-12-19-18(22)20-13-7-15-23-17-10-8-16(3)9-11-17/h8-11H,4-7,12-15H2,1-3H3,(H2,19,20,22). The zero-order chi connectivity index (χ0) is 16.9. The fraction of sp³-hybridized carbons (Fsp3) is 0.611. The van der Waals surface area contributed by atoms with Crippen molar-refractivity contribution < 1.29 is 9.53 Å². The van der Waals surface area contributed by atoms with Gasteiger partial charge in [0.2, 0.25) is 0 Å². The van der Waals surface area contributed by atoms with Crippen LogP contribution in [-0.2, 0) is 0 Å². The van der Waals surface area contributed by atoms with Crippen LogP contribution in [0, 0.1) is 6.92 Å². The highest BCUT2D eigenvalue weighted by Gasteiger charge is 2.01. The van der Waals surface area contributed by atoms with Crippen molar-refractivity contribution in [3.05, 3.63) is 29.8 Å². The average Bonchev–Trinajstić information content (AvgIpc) is 2.56. The van der Waals surface area contributed by atoms with Crippen LogP contribution in [0.4, 0.5) is 4.79 Å². The monoisotopic (exact) mass is 321 g/mol. The van der Waals surface area contributed by atoms with Crippen molar-refractivity contribution >= 4 is 6.03 Å². The number of amides is 2. The molecule has 0 unspecified atom stereocenters. The number of hydrogen-bond acceptors (Lipinski definition) is 3. The van der Waals surface area contributed by atoms with Gasteiger partial charge in [-0.25, -0.2) is 4.79 Å². The zero-order valence-corrected chi connectivity index (χ0v) is 14.7. The lowest BCUT2D eigenvalue weighted by Gasteiger charge is -2.17. The molecule has 0 heterocycles. The number of nitrogens with zero attached hydrogens (tertiary/aromatic N) is 1. The lowest BCUT2D eigenvalue weighted by atomic mass is 10.2. The molecule has 0 aliphatic rings. The van der Waals surface area contributed by atoms with Crippen LogP contribution in [0.5, 0.6) is 5.75 Å². The van der Waals surface area contributed by atoms with Crippen LogP contribution in [0.2, 0.25) is 0 Å². The second-order valence-corrected chi connectivity index (χ2v) is 5.58. The third kappa shape index (κ3) is 9.08. The van der Waals surface area contributed by atoms with E-state index in [1.807, 2.05) is 31.2 Å². The highest BCUT2D eigenvalue weighted by Crippen LogP contribution is 2.11. The number of hydrogen-bond donors (Lipinski definition) is 2. The highest BCUT2D eigenvalue weighted by atomic mass is 16.5. The third-order valence-electron chi connectivity index (χ3n) is 3.73. The van der Waals surface area contributed by atoms with Crippen LogP contribution in [-0.4, -0.2) is 50.3 Å². The minimum atomic E-state index is -0.0973. The molecule has 0 saturated heterocycles. The second-order valence-electron chi connectivity index (χ2n) is 5.58. The Bertz CT molecular complexity index is 430. The van der Waals surface area contributed by atoms with E-state index in [9.17, 15) is 4.79 Å². The molecule has 0 aromatic heterocycles. The minimum Gasteiger partial charge on any atom is -0.494 e. The van der Waals surface area contributed by atoms with E-state index in [0.29, 0.717) is 19.7 Å². The van der Waals surface area contributed by atoms with E-state index in [-0.39, 0.29) is 6.03 Å². The molecule has 130 valence electrons. The number of carbonyl (C=O) groups is 1. The maximum absolute atomic E-state index is 11.6. The summed E-state index contributed by atoms with van der Waals surface area (Å²) in [6, 6.07) is 7.88. The summed E-state index contributed by atoms with van der Waals surface area (Å²) in [4.78, 5) is 14.0. The molecule has 2 amide bonds. The normalized spacial score (nSPS) is 10.6. The molecule has 0 aliphatic heterocycles. The topological polar surface area (TPSA) is 53.6 Å². The lowest BCUT2D eigenvalue weighted by Crippen LogP contribution is -2.38. The zero-order valence-electron chi connectivity index (χ0n) is 14.7. The number of aryl methyl sites for hydroxylation is 1. The summed E-state index contributed by atoms with van der Waals surface area (Å²) < 4.78 is 5.62. The van der Waals surface area contributed by atoms with Gasteiger partial charge in [0.05, 0.1) is 6.61 Å². The molecular weight excluding hydrogens is 290 g/mol. The van der Waals surface area contributed by atoms with Gasteiger partial charge in [-0.1, -0.05) is 31.5 Å². The average molecular weight is 321 g/mol. The van der Waals surface area contributed by atoms with E-state index in [4.69, 9.17) is 4.74 Å². The second kappa shape index (κ2) is 11.8. The first-order valence-electron chi connectivity index (χ1n) is 8.59. The Morgan fingerprint density at radius 2 is 1.65 bits per heavy atom. The predicted octanol–water partition coefficient (Wildman–Crippen LogP) is 2.80. The maximum Gasteiger partial charge on any atom is 0.314 e. The van der Waals surface area contributed by atoms with Crippen molar-refractivity contribution in [1.29, 1.82) is 0 Å². The van der Waals surface area contributed by atoms with Gasteiger partial charge in [-0.05, 0) is 51.5 Å². The summed E-state index contributed by atoms with van der Waals surface area (Å²) in [6.07, 6.45) is 1.77. The predicted molar refractivity (Wildman–Crippen MR) is 95.1 cm³/mol. The molecule has 0 atom stereocenters. The van der Waals surface area contributed by atoms with Crippen molar-refractivity contribution in [3.8, 4) is 5.75 Å². The fourth-order valence-electron chi connectivity index (χ4n) is 2.21. The van der Waals surface area contributed by atoms with Crippen LogP contribution in [0.15, 0.2) is 24.3 Å². The molecule has 0 saturated carbocycles. The molecule has 2 N–H and O–H groups in total.